The molecule has 0 radical (unpaired) electrons. The Hall–Kier alpha value is -2.75. The maximum atomic E-state index is 5.68. The highest BCUT2D eigenvalue weighted by Crippen LogP contribution is 2.25. The molecule has 2 aromatic carbocycles. The topological polar surface area (TPSA) is 40.0 Å². The van der Waals surface area contributed by atoms with Gasteiger partial charge in [0.15, 0.2) is 0 Å². The molecule has 0 fully saturated rings. The Balaban J connectivity index is 1.68. The predicted octanol–water partition coefficient (Wildman–Crippen LogP) is 3.76. The van der Waals surface area contributed by atoms with Crippen LogP contribution in [-0.2, 0) is 11.2 Å². The molecule has 4 nitrogen and oxygen atoms in total. The van der Waals surface area contributed by atoms with E-state index in [0.717, 1.165) is 23.5 Å². The van der Waals surface area contributed by atoms with Gasteiger partial charge in [-0.15, -0.1) is 0 Å². The lowest BCUT2D eigenvalue weighted by atomic mass is 10.1. The Morgan fingerprint density at radius 2 is 1.92 bits per heavy atom. The lowest BCUT2D eigenvalue weighted by Crippen LogP contribution is -2.09. The van der Waals surface area contributed by atoms with Crippen LogP contribution in [0.1, 0.15) is 11.1 Å². The molecule has 0 amide bonds. The Kier molecular flexibility index (Phi) is 5.16. The minimum atomic E-state index is 0.171. The molecule has 2 aromatic rings. The molecule has 0 spiro atoms. The molecule has 1 atom stereocenters. The van der Waals surface area contributed by atoms with Crippen molar-refractivity contribution in [3.63, 3.8) is 0 Å². The minimum absolute atomic E-state index is 0.171. The smallest absolute Gasteiger partial charge is 0.209 e. The molecule has 0 unspecified atom stereocenters. The summed E-state index contributed by atoms with van der Waals surface area (Å²) in [6, 6.07) is 16.2. The third kappa shape index (κ3) is 3.96. The van der Waals surface area contributed by atoms with Crippen LogP contribution in [-0.4, -0.2) is 32.8 Å². The molecule has 0 saturated heterocycles. The second-order valence-electron chi connectivity index (χ2n) is 5.56. The number of hydrogen-bond acceptors (Lipinski definition) is 4. The van der Waals surface area contributed by atoms with E-state index >= 15 is 0 Å². The summed E-state index contributed by atoms with van der Waals surface area (Å²) in [6.07, 6.45) is 4.72. The van der Waals surface area contributed by atoms with Crippen LogP contribution in [0.5, 0.6) is 11.5 Å². The summed E-state index contributed by atoms with van der Waals surface area (Å²) >= 11 is 0. The van der Waals surface area contributed by atoms with Gasteiger partial charge in [-0.3, -0.25) is 0 Å². The van der Waals surface area contributed by atoms with Crippen LogP contribution in [0.25, 0.3) is 6.08 Å². The number of nitrogens with zero attached hydrogens (tertiary/aromatic N) is 1. The molecule has 0 bridgehead atoms. The van der Waals surface area contributed by atoms with Gasteiger partial charge in [-0.2, -0.15) is 0 Å². The van der Waals surface area contributed by atoms with Gasteiger partial charge in [-0.1, -0.05) is 30.3 Å². The second-order valence-corrected chi connectivity index (χ2v) is 5.56. The van der Waals surface area contributed by atoms with Crippen LogP contribution in [0.4, 0.5) is 0 Å². The monoisotopic (exact) mass is 323 g/mol. The number of hydrogen-bond donors (Lipinski definition) is 0. The van der Waals surface area contributed by atoms with Gasteiger partial charge in [0, 0.05) is 17.7 Å². The van der Waals surface area contributed by atoms with Crippen molar-refractivity contribution < 1.29 is 14.2 Å². The Morgan fingerprint density at radius 1 is 1.08 bits per heavy atom. The van der Waals surface area contributed by atoms with Crippen LogP contribution in [0, 0.1) is 0 Å². The van der Waals surface area contributed by atoms with Crippen LogP contribution < -0.4 is 9.47 Å². The zero-order valence-corrected chi connectivity index (χ0v) is 13.9. The number of rotatable bonds is 6. The van der Waals surface area contributed by atoms with Gasteiger partial charge < -0.3 is 14.2 Å². The molecule has 124 valence electrons. The van der Waals surface area contributed by atoms with Crippen LogP contribution >= 0.6 is 0 Å². The van der Waals surface area contributed by atoms with Gasteiger partial charge in [-0.05, 0) is 30.2 Å². The van der Waals surface area contributed by atoms with Crippen molar-refractivity contribution >= 4 is 12.0 Å². The van der Waals surface area contributed by atoms with Crippen molar-refractivity contribution in [1.29, 1.82) is 0 Å². The van der Waals surface area contributed by atoms with Crippen LogP contribution in [0.3, 0.4) is 0 Å². The van der Waals surface area contributed by atoms with Gasteiger partial charge >= 0.3 is 0 Å². The average molecular weight is 323 g/mol. The summed E-state index contributed by atoms with van der Waals surface area (Å²) in [5.41, 5.74) is 2.23. The summed E-state index contributed by atoms with van der Waals surface area (Å²) in [6.45, 7) is 0.619. The summed E-state index contributed by atoms with van der Waals surface area (Å²) < 4.78 is 16.3. The fourth-order valence-electron chi connectivity index (χ4n) is 2.64. The third-order valence-corrected chi connectivity index (χ3v) is 3.89. The average Bonchev–Trinajstić information content (AvgIpc) is 3.08. The molecule has 1 aliphatic heterocycles. The highest BCUT2D eigenvalue weighted by Gasteiger charge is 2.17. The van der Waals surface area contributed by atoms with Crippen molar-refractivity contribution in [2.75, 3.05) is 20.8 Å². The summed E-state index contributed by atoms with van der Waals surface area (Å²) in [5.74, 6) is 2.18. The zero-order chi connectivity index (χ0) is 16.8. The van der Waals surface area contributed by atoms with Crippen molar-refractivity contribution in [2.24, 2.45) is 4.99 Å². The van der Waals surface area contributed by atoms with E-state index in [1.807, 2.05) is 48.6 Å². The minimum Gasteiger partial charge on any atom is -0.497 e. The molecule has 1 heterocycles. The van der Waals surface area contributed by atoms with Crippen LogP contribution in [0.2, 0.25) is 0 Å². The quantitative estimate of drug-likeness (QED) is 0.813. The van der Waals surface area contributed by atoms with Crippen molar-refractivity contribution in [1.82, 2.24) is 0 Å². The second kappa shape index (κ2) is 7.68. The molecule has 0 N–H and O–H groups in total. The lowest BCUT2D eigenvalue weighted by Gasteiger charge is -2.07. The third-order valence-electron chi connectivity index (χ3n) is 3.89. The fraction of sp³-hybridized carbons (Fsp3) is 0.250. The van der Waals surface area contributed by atoms with E-state index in [4.69, 9.17) is 14.2 Å². The SMILES string of the molecule is COc1ccc(/C=C/C2=N[C@@H](Cc3ccccc3)CO2)c(OC)c1. The Bertz CT molecular complexity index is 738. The van der Waals surface area contributed by atoms with Gasteiger partial charge in [0.1, 0.15) is 18.1 Å². The normalized spacial score (nSPS) is 16.8. The Labute approximate surface area is 142 Å². The molecule has 4 heteroatoms. The van der Waals surface area contributed by atoms with Crippen molar-refractivity contribution in [3.05, 3.63) is 65.7 Å². The molecule has 0 aromatic heterocycles. The Morgan fingerprint density at radius 3 is 2.67 bits per heavy atom. The van der Waals surface area contributed by atoms with E-state index in [1.54, 1.807) is 14.2 Å². The van der Waals surface area contributed by atoms with E-state index in [0.29, 0.717) is 12.5 Å². The summed E-state index contributed by atoms with van der Waals surface area (Å²) in [7, 11) is 3.28. The molecule has 24 heavy (non-hydrogen) atoms. The zero-order valence-electron chi connectivity index (χ0n) is 13.9. The van der Waals surface area contributed by atoms with Gasteiger partial charge in [0.2, 0.25) is 5.90 Å². The van der Waals surface area contributed by atoms with E-state index in [9.17, 15) is 0 Å². The van der Waals surface area contributed by atoms with E-state index < -0.39 is 0 Å². The molecular weight excluding hydrogens is 302 g/mol. The molecule has 0 saturated carbocycles. The van der Waals surface area contributed by atoms with E-state index in [1.165, 1.54) is 5.56 Å². The first-order valence-corrected chi connectivity index (χ1v) is 7.93. The number of benzene rings is 2. The highest BCUT2D eigenvalue weighted by atomic mass is 16.5. The first-order chi connectivity index (χ1) is 11.8. The van der Waals surface area contributed by atoms with E-state index in [-0.39, 0.29) is 6.04 Å². The molecule has 0 aliphatic carbocycles. The largest absolute Gasteiger partial charge is 0.497 e. The fourth-order valence-corrected chi connectivity index (χ4v) is 2.64. The van der Waals surface area contributed by atoms with Gasteiger partial charge in [-0.25, -0.2) is 4.99 Å². The van der Waals surface area contributed by atoms with Crippen molar-refractivity contribution in [2.45, 2.75) is 12.5 Å². The molecule has 1 aliphatic rings. The number of aliphatic imine (C=N–C) groups is 1. The maximum absolute atomic E-state index is 5.68. The number of methoxy groups -OCH3 is 2. The predicted molar refractivity (Wildman–Crippen MR) is 95.9 cm³/mol. The summed E-state index contributed by atoms with van der Waals surface area (Å²) in [5, 5.41) is 0. The molecule has 3 rings (SSSR count). The highest BCUT2D eigenvalue weighted by molar-refractivity contribution is 5.93. The van der Waals surface area contributed by atoms with E-state index in [2.05, 4.69) is 17.1 Å². The maximum Gasteiger partial charge on any atom is 0.209 e. The van der Waals surface area contributed by atoms with Crippen molar-refractivity contribution in [3.8, 4) is 11.5 Å². The summed E-state index contributed by atoms with van der Waals surface area (Å²) in [4.78, 5) is 4.63. The van der Waals surface area contributed by atoms with Gasteiger partial charge in [0.25, 0.3) is 0 Å². The standard InChI is InChI=1S/C20H21NO3/c1-22-18-10-8-16(19(13-18)23-2)9-11-20-21-17(14-24-20)12-15-6-4-3-5-7-15/h3-11,13,17H,12,14H2,1-2H3/b11-9+/t17-/m0/s1. The molecular formula is C20H21NO3. The number of ether oxygens (including phenoxy) is 3. The van der Waals surface area contributed by atoms with Gasteiger partial charge in [0.05, 0.1) is 20.3 Å². The first-order valence-electron chi connectivity index (χ1n) is 7.93. The van der Waals surface area contributed by atoms with Crippen LogP contribution in [0.15, 0.2) is 59.6 Å². The first kappa shape index (κ1) is 16.1. The lowest BCUT2D eigenvalue weighted by molar-refractivity contribution is 0.318.